The average Bonchev–Trinajstić information content (AvgIpc) is 3.13. The quantitative estimate of drug-likeness (QED) is 0.552. The Hall–Kier alpha value is -3.55. The Morgan fingerprint density at radius 1 is 1.13 bits per heavy atom. The van der Waals surface area contributed by atoms with Crippen molar-refractivity contribution < 1.29 is 18.7 Å². The largest absolute Gasteiger partial charge is 0.497 e. The second-order valence-electron chi connectivity index (χ2n) is 6.72. The van der Waals surface area contributed by atoms with Gasteiger partial charge in [-0.3, -0.25) is 0 Å². The Morgan fingerprint density at radius 2 is 1.80 bits per heavy atom. The van der Waals surface area contributed by atoms with E-state index in [9.17, 15) is 9.18 Å². The molecular weight excluding hydrogens is 387 g/mol. The van der Waals surface area contributed by atoms with Crippen LogP contribution in [0, 0.1) is 12.7 Å². The summed E-state index contributed by atoms with van der Waals surface area (Å²) in [4.78, 5) is 12.2. The molecule has 0 saturated carbocycles. The minimum Gasteiger partial charge on any atom is -0.497 e. The van der Waals surface area contributed by atoms with Crippen LogP contribution in [-0.2, 0) is 0 Å². The zero-order valence-corrected chi connectivity index (χ0v) is 17.2. The molecule has 30 heavy (non-hydrogen) atoms. The third-order valence-corrected chi connectivity index (χ3v) is 4.65. The lowest BCUT2D eigenvalue weighted by molar-refractivity contribution is 0.233. The predicted octanol–water partition coefficient (Wildman–Crippen LogP) is 3.77. The molecule has 3 aromatic rings. The smallest absolute Gasteiger partial charge is 0.315 e. The van der Waals surface area contributed by atoms with Gasteiger partial charge in [0.1, 0.15) is 23.9 Å². The second kappa shape index (κ2) is 9.78. The zero-order chi connectivity index (χ0) is 21.5. The van der Waals surface area contributed by atoms with Crippen LogP contribution in [0.25, 0.3) is 5.69 Å². The van der Waals surface area contributed by atoms with Crippen LogP contribution in [0.2, 0.25) is 0 Å². The van der Waals surface area contributed by atoms with Crippen molar-refractivity contribution in [3.05, 3.63) is 71.8 Å². The van der Waals surface area contributed by atoms with E-state index in [1.165, 1.54) is 12.1 Å². The molecule has 0 aliphatic rings. The highest BCUT2D eigenvalue weighted by atomic mass is 19.1. The molecule has 0 bridgehead atoms. The van der Waals surface area contributed by atoms with E-state index in [2.05, 4.69) is 15.7 Å². The first-order chi connectivity index (χ1) is 14.5. The van der Waals surface area contributed by atoms with Crippen LogP contribution in [0.4, 0.5) is 9.18 Å². The fourth-order valence-corrected chi connectivity index (χ4v) is 3.02. The minimum atomic E-state index is -0.300. The summed E-state index contributed by atoms with van der Waals surface area (Å²) in [7, 11) is 1.61. The van der Waals surface area contributed by atoms with Crippen LogP contribution in [0.15, 0.2) is 54.7 Å². The first kappa shape index (κ1) is 21.2. The summed E-state index contributed by atoms with van der Waals surface area (Å²) >= 11 is 0. The van der Waals surface area contributed by atoms with Gasteiger partial charge in [-0.25, -0.2) is 13.9 Å². The van der Waals surface area contributed by atoms with Gasteiger partial charge in [0.2, 0.25) is 0 Å². The molecule has 0 unspecified atom stereocenters. The van der Waals surface area contributed by atoms with Crippen LogP contribution >= 0.6 is 0 Å². The van der Waals surface area contributed by atoms with Crippen molar-refractivity contribution in [3.8, 4) is 17.2 Å². The molecule has 0 spiro atoms. The maximum Gasteiger partial charge on any atom is 0.315 e. The SMILES string of the molecule is COc1ccc(OCCNC(=O)N[C@H](C)c2cnn(-c3ccc(F)cc3)c2C)cc1. The number of nitrogens with zero attached hydrogens (tertiary/aromatic N) is 2. The molecule has 2 N–H and O–H groups in total. The van der Waals surface area contributed by atoms with E-state index in [0.717, 1.165) is 22.7 Å². The van der Waals surface area contributed by atoms with E-state index in [1.807, 2.05) is 38.1 Å². The highest BCUT2D eigenvalue weighted by Gasteiger charge is 2.16. The topological polar surface area (TPSA) is 77.4 Å². The second-order valence-corrected chi connectivity index (χ2v) is 6.72. The van der Waals surface area contributed by atoms with Crippen LogP contribution in [-0.4, -0.2) is 36.1 Å². The van der Waals surface area contributed by atoms with Crippen molar-refractivity contribution in [2.45, 2.75) is 19.9 Å². The summed E-state index contributed by atoms with van der Waals surface area (Å²) in [6.45, 7) is 4.49. The number of carbonyl (C=O) groups excluding carboxylic acids is 1. The van der Waals surface area contributed by atoms with Gasteiger partial charge >= 0.3 is 6.03 Å². The Kier molecular flexibility index (Phi) is 6.90. The summed E-state index contributed by atoms with van der Waals surface area (Å²) < 4.78 is 25.5. The molecule has 0 fully saturated rings. The molecule has 0 aliphatic carbocycles. The van der Waals surface area contributed by atoms with Gasteiger partial charge in [0.15, 0.2) is 0 Å². The van der Waals surface area contributed by atoms with E-state index < -0.39 is 0 Å². The molecule has 3 rings (SSSR count). The summed E-state index contributed by atoms with van der Waals surface area (Å²) in [6, 6.07) is 12.8. The Morgan fingerprint density at radius 3 is 2.47 bits per heavy atom. The summed E-state index contributed by atoms with van der Waals surface area (Å²) in [5, 5.41) is 10.0. The van der Waals surface area contributed by atoms with Crippen LogP contribution in [0.3, 0.4) is 0 Å². The molecule has 1 atom stereocenters. The van der Waals surface area contributed by atoms with Crippen molar-refractivity contribution in [3.63, 3.8) is 0 Å². The maximum atomic E-state index is 13.1. The van der Waals surface area contributed by atoms with Crippen molar-refractivity contribution in [1.29, 1.82) is 0 Å². The molecule has 8 heteroatoms. The minimum absolute atomic E-state index is 0.248. The summed E-state index contributed by atoms with van der Waals surface area (Å²) in [5.41, 5.74) is 2.51. The fourth-order valence-electron chi connectivity index (χ4n) is 3.02. The number of benzene rings is 2. The third kappa shape index (κ3) is 5.28. The molecular formula is C22H25FN4O3. The van der Waals surface area contributed by atoms with E-state index in [1.54, 1.807) is 30.1 Å². The van der Waals surface area contributed by atoms with E-state index in [-0.39, 0.29) is 17.9 Å². The molecule has 158 valence electrons. The monoisotopic (exact) mass is 412 g/mol. The van der Waals surface area contributed by atoms with Gasteiger partial charge in [0, 0.05) is 11.3 Å². The number of urea groups is 1. The molecule has 7 nitrogen and oxygen atoms in total. The lowest BCUT2D eigenvalue weighted by atomic mass is 10.1. The Labute approximate surface area is 174 Å². The van der Waals surface area contributed by atoms with E-state index >= 15 is 0 Å². The molecule has 1 aromatic heterocycles. The van der Waals surface area contributed by atoms with Gasteiger partial charge < -0.3 is 20.1 Å². The van der Waals surface area contributed by atoms with E-state index in [4.69, 9.17) is 9.47 Å². The molecule has 2 aromatic carbocycles. The lowest BCUT2D eigenvalue weighted by Crippen LogP contribution is -2.39. The molecule has 1 heterocycles. The molecule has 2 amide bonds. The maximum absolute atomic E-state index is 13.1. The number of rotatable bonds is 8. The molecule has 0 radical (unpaired) electrons. The third-order valence-electron chi connectivity index (χ3n) is 4.65. The number of ether oxygens (including phenoxy) is 2. The van der Waals surface area contributed by atoms with Gasteiger partial charge in [-0.15, -0.1) is 0 Å². The number of aromatic nitrogens is 2. The first-order valence-electron chi connectivity index (χ1n) is 9.59. The average molecular weight is 412 g/mol. The van der Waals surface area contributed by atoms with Crippen molar-refractivity contribution in [2.24, 2.45) is 0 Å². The van der Waals surface area contributed by atoms with Crippen LogP contribution in [0.5, 0.6) is 11.5 Å². The van der Waals surface area contributed by atoms with Gasteiger partial charge in [-0.05, 0) is 62.4 Å². The Bertz CT molecular complexity index is 971. The number of hydrogen-bond donors (Lipinski definition) is 2. The fraction of sp³-hybridized carbons (Fsp3) is 0.273. The van der Waals surface area contributed by atoms with Crippen molar-refractivity contribution in [1.82, 2.24) is 20.4 Å². The number of halogens is 1. The molecule has 0 saturated heterocycles. The van der Waals surface area contributed by atoms with Gasteiger partial charge in [0.05, 0.1) is 31.6 Å². The normalized spacial score (nSPS) is 11.6. The van der Waals surface area contributed by atoms with Crippen LogP contribution < -0.4 is 20.1 Å². The number of nitrogens with one attached hydrogen (secondary N) is 2. The molecule has 0 aliphatic heterocycles. The van der Waals surface area contributed by atoms with Gasteiger partial charge in [-0.2, -0.15) is 5.10 Å². The summed E-state index contributed by atoms with van der Waals surface area (Å²) in [6.07, 6.45) is 1.70. The zero-order valence-electron chi connectivity index (χ0n) is 17.2. The summed E-state index contributed by atoms with van der Waals surface area (Å²) in [5.74, 6) is 1.16. The first-order valence-corrected chi connectivity index (χ1v) is 9.59. The van der Waals surface area contributed by atoms with Gasteiger partial charge in [-0.1, -0.05) is 0 Å². The number of methoxy groups -OCH3 is 1. The van der Waals surface area contributed by atoms with Gasteiger partial charge in [0.25, 0.3) is 0 Å². The Balaban J connectivity index is 1.47. The lowest BCUT2D eigenvalue weighted by Gasteiger charge is -2.15. The number of carbonyl (C=O) groups is 1. The predicted molar refractivity (Wildman–Crippen MR) is 112 cm³/mol. The van der Waals surface area contributed by atoms with Crippen molar-refractivity contribution in [2.75, 3.05) is 20.3 Å². The van der Waals surface area contributed by atoms with E-state index in [0.29, 0.717) is 18.9 Å². The standard InChI is InChI=1S/C22H25FN4O3/c1-15(21-14-25-27(16(21)2)18-6-4-17(23)5-7-18)26-22(28)24-12-13-30-20-10-8-19(29-3)9-11-20/h4-11,14-15H,12-13H2,1-3H3,(H2,24,26,28)/t15-/m1/s1. The highest BCUT2D eigenvalue weighted by molar-refractivity contribution is 5.74. The highest BCUT2D eigenvalue weighted by Crippen LogP contribution is 2.20. The van der Waals surface area contributed by atoms with Crippen molar-refractivity contribution >= 4 is 6.03 Å². The van der Waals surface area contributed by atoms with Crippen LogP contribution in [0.1, 0.15) is 24.2 Å². The number of amides is 2. The number of hydrogen-bond acceptors (Lipinski definition) is 4.